The summed E-state index contributed by atoms with van der Waals surface area (Å²) in [7, 11) is 0. The van der Waals surface area contributed by atoms with E-state index in [0.717, 1.165) is 72.7 Å². The second-order valence-electron chi connectivity index (χ2n) is 12.3. The van der Waals surface area contributed by atoms with Gasteiger partial charge >= 0.3 is 0 Å². The van der Waals surface area contributed by atoms with Gasteiger partial charge in [0.25, 0.3) is 0 Å². The molecule has 1 unspecified atom stereocenters. The van der Waals surface area contributed by atoms with Gasteiger partial charge in [-0.25, -0.2) is 15.0 Å². The molecule has 3 heterocycles. The maximum Gasteiger partial charge on any atom is 0.164 e. The van der Waals surface area contributed by atoms with Crippen LogP contribution in [0.1, 0.15) is 29.2 Å². The van der Waals surface area contributed by atoms with Crippen molar-refractivity contribution in [3.8, 4) is 34.2 Å². The van der Waals surface area contributed by atoms with Crippen LogP contribution in [0.15, 0.2) is 148 Å². The summed E-state index contributed by atoms with van der Waals surface area (Å²) in [4.78, 5) is 15.4. The van der Waals surface area contributed by atoms with Gasteiger partial charge in [0.15, 0.2) is 17.5 Å². The third-order valence-corrected chi connectivity index (χ3v) is 9.47. The Morgan fingerprint density at radius 1 is 0.521 bits per heavy atom. The SMILES string of the molecule is C1=Cc2oc3ccccc3c2C(c2cc(-c3nc(-c4ccccc4)nc(-c4ccc5ccccc5c4)n3)c3c(c2)oc2ccccc23)C1. The highest BCUT2D eigenvalue weighted by Gasteiger charge is 2.28. The number of nitrogens with zero attached hydrogens (tertiary/aromatic N) is 3. The number of hydrogen-bond acceptors (Lipinski definition) is 5. The summed E-state index contributed by atoms with van der Waals surface area (Å²) in [6.45, 7) is 0. The molecule has 6 aromatic carbocycles. The van der Waals surface area contributed by atoms with Crippen LogP contribution < -0.4 is 0 Å². The van der Waals surface area contributed by atoms with E-state index in [9.17, 15) is 0 Å². The van der Waals surface area contributed by atoms with Crippen molar-refractivity contribution in [3.63, 3.8) is 0 Å². The first-order valence-electron chi connectivity index (χ1n) is 16.2. The molecule has 5 heteroatoms. The molecule has 0 spiro atoms. The first-order chi connectivity index (χ1) is 23.8. The molecule has 3 aromatic heterocycles. The molecule has 0 N–H and O–H groups in total. The van der Waals surface area contributed by atoms with Crippen molar-refractivity contribution >= 4 is 49.8 Å². The van der Waals surface area contributed by atoms with Crippen LogP contribution in [-0.4, -0.2) is 15.0 Å². The van der Waals surface area contributed by atoms with Crippen molar-refractivity contribution in [1.82, 2.24) is 15.0 Å². The van der Waals surface area contributed by atoms with E-state index < -0.39 is 0 Å². The Morgan fingerprint density at radius 3 is 2.06 bits per heavy atom. The van der Waals surface area contributed by atoms with Gasteiger partial charge in [-0.1, -0.05) is 109 Å². The normalized spacial score (nSPS) is 14.3. The average molecular weight is 618 g/mol. The largest absolute Gasteiger partial charge is 0.456 e. The molecule has 48 heavy (non-hydrogen) atoms. The highest BCUT2D eigenvalue weighted by molar-refractivity contribution is 6.12. The summed E-state index contributed by atoms with van der Waals surface area (Å²) in [6.07, 6.45) is 5.14. The number of para-hydroxylation sites is 2. The molecule has 9 aromatic rings. The lowest BCUT2D eigenvalue weighted by Gasteiger charge is -2.20. The van der Waals surface area contributed by atoms with Crippen LogP contribution in [0.25, 0.3) is 83.9 Å². The predicted molar refractivity (Wildman–Crippen MR) is 193 cm³/mol. The summed E-state index contributed by atoms with van der Waals surface area (Å²) in [6, 6.07) is 45.8. The quantitative estimate of drug-likeness (QED) is 0.197. The second-order valence-corrected chi connectivity index (χ2v) is 12.3. The molecule has 0 amide bonds. The molecule has 1 aliphatic carbocycles. The van der Waals surface area contributed by atoms with Gasteiger partial charge in [0.05, 0.1) is 0 Å². The van der Waals surface area contributed by atoms with Crippen LogP contribution in [0.3, 0.4) is 0 Å². The number of aromatic nitrogens is 3. The summed E-state index contributed by atoms with van der Waals surface area (Å²) in [5, 5.41) is 5.47. The van der Waals surface area contributed by atoms with Crippen molar-refractivity contribution in [2.75, 3.05) is 0 Å². The summed E-state index contributed by atoms with van der Waals surface area (Å²) < 4.78 is 12.9. The van der Waals surface area contributed by atoms with E-state index in [4.69, 9.17) is 23.8 Å². The molecule has 0 radical (unpaired) electrons. The minimum Gasteiger partial charge on any atom is -0.456 e. The fourth-order valence-electron chi connectivity index (χ4n) is 7.22. The molecule has 226 valence electrons. The van der Waals surface area contributed by atoms with Gasteiger partial charge in [0.1, 0.15) is 22.5 Å². The zero-order valence-corrected chi connectivity index (χ0v) is 25.8. The molecular weight excluding hydrogens is 590 g/mol. The number of allylic oxidation sites excluding steroid dienone is 1. The molecule has 0 saturated carbocycles. The monoisotopic (exact) mass is 617 g/mol. The van der Waals surface area contributed by atoms with Crippen molar-refractivity contribution in [1.29, 1.82) is 0 Å². The smallest absolute Gasteiger partial charge is 0.164 e. The van der Waals surface area contributed by atoms with Crippen LogP contribution in [0.5, 0.6) is 0 Å². The van der Waals surface area contributed by atoms with Gasteiger partial charge in [-0.15, -0.1) is 0 Å². The number of benzene rings is 6. The molecule has 10 rings (SSSR count). The van der Waals surface area contributed by atoms with Crippen molar-refractivity contribution in [2.24, 2.45) is 0 Å². The lowest BCUT2D eigenvalue weighted by molar-refractivity contribution is 0.589. The van der Waals surface area contributed by atoms with Crippen molar-refractivity contribution in [2.45, 2.75) is 12.3 Å². The molecule has 0 bridgehead atoms. The molecule has 0 fully saturated rings. The fourth-order valence-corrected chi connectivity index (χ4v) is 7.22. The predicted octanol–water partition coefficient (Wildman–Crippen LogP) is 11.2. The van der Waals surface area contributed by atoms with Crippen molar-refractivity contribution < 1.29 is 8.83 Å². The first kappa shape index (κ1) is 26.8. The van der Waals surface area contributed by atoms with Gasteiger partial charge in [0, 0.05) is 44.3 Å². The molecule has 1 atom stereocenters. The summed E-state index contributed by atoms with van der Waals surface area (Å²) in [5.74, 6) is 2.83. The third kappa shape index (κ3) is 4.28. The van der Waals surface area contributed by atoms with Crippen LogP contribution in [0.2, 0.25) is 0 Å². The van der Waals surface area contributed by atoms with Gasteiger partial charge in [-0.3, -0.25) is 0 Å². The van der Waals surface area contributed by atoms with Gasteiger partial charge in [-0.05, 0) is 59.2 Å². The minimum absolute atomic E-state index is 0.0698. The molecule has 5 nitrogen and oxygen atoms in total. The summed E-state index contributed by atoms with van der Waals surface area (Å²) >= 11 is 0. The minimum atomic E-state index is 0.0698. The maximum absolute atomic E-state index is 6.57. The van der Waals surface area contributed by atoms with E-state index in [2.05, 4.69) is 84.9 Å². The van der Waals surface area contributed by atoms with E-state index in [-0.39, 0.29) is 5.92 Å². The number of rotatable bonds is 4. The zero-order valence-electron chi connectivity index (χ0n) is 25.8. The maximum atomic E-state index is 6.57. The van der Waals surface area contributed by atoms with E-state index in [1.54, 1.807) is 0 Å². The lowest BCUT2D eigenvalue weighted by Crippen LogP contribution is -2.05. The lowest BCUT2D eigenvalue weighted by atomic mass is 9.82. The molecular formula is C43H27N3O2. The zero-order chi connectivity index (χ0) is 31.6. The van der Waals surface area contributed by atoms with Gasteiger partial charge in [0.2, 0.25) is 0 Å². The number of fused-ring (bicyclic) bond motifs is 7. The third-order valence-electron chi connectivity index (χ3n) is 9.47. The fraction of sp³-hybridized carbons (Fsp3) is 0.0465. The Labute approximate surface area is 275 Å². The van der Waals surface area contributed by atoms with Crippen LogP contribution >= 0.6 is 0 Å². The standard InChI is InChI=1S/C43H27N3O2/c1-2-12-27(13-3-1)41-44-42(29-22-21-26-11-4-5-14-28(26)23-29)46-43(45-41)34-24-30(25-38-40(34)33-16-7-9-19-36(33)48-38)31-17-10-20-37-39(31)32-15-6-8-18-35(32)47-37/h1-16,18-25,31H,17H2. The Bertz CT molecular complexity index is 2720. The second kappa shape index (κ2) is 10.6. The Balaban J connectivity index is 1.25. The van der Waals surface area contributed by atoms with Crippen LogP contribution in [0.4, 0.5) is 0 Å². The van der Waals surface area contributed by atoms with Crippen LogP contribution in [-0.2, 0) is 0 Å². The highest BCUT2D eigenvalue weighted by Crippen LogP contribution is 2.45. The molecule has 0 saturated heterocycles. The van der Waals surface area contributed by atoms with Crippen LogP contribution in [0, 0.1) is 0 Å². The Hall–Kier alpha value is -6.33. The Morgan fingerprint density at radius 2 is 1.21 bits per heavy atom. The van der Waals surface area contributed by atoms with Crippen molar-refractivity contribution in [3.05, 3.63) is 156 Å². The highest BCUT2D eigenvalue weighted by atomic mass is 16.3. The molecule has 1 aliphatic rings. The topological polar surface area (TPSA) is 65.0 Å². The number of furan rings is 2. The molecule has 0 aliphatic heterocycles. The summed E-state index contributed by atoms with van der Waals surface area (Å²) in [5.41, 5.74) is 7.64. The van der Waals surface area contributed by atoms with Gasteiger partial charge < -0.3 is 8.83 Å². The van der Waals surface area contributed by atoms with E-state index in [1.165, 1.54) is 10.9 Å². The van der Waals surface area contributed by atoms with E-state index in [1.807, 2.05) is 60.7 Å². The number of hydrogen-bond donors (Lipinski definition) is 0. The average Bonchev–Trinajstić information content (AvgIpc) is 3.73. The Kier molecular flexibility index (Phi) is 5.93. The van der Waals surface area contributed by atoms with Gasteiger partial charge in [-0.2, -0.15) is 0 Å². The first-order valence-corrected chi connectivity index (χ1v) is 16.2. The van der Waals surface area contributed by atoms with E-state index in [0.29, 0.717) is 17.5 Å². The van der Waals surface area contributed by atoms with E-state index >= 15 is 0 Å².